The summed E-state index contributed by atoms with van der Waals surface area (Å²) >= 11 is 0. The Balaban J connectivity index is 1.88. The molecule has 0 atom stereocenters. The first-order valence-corrected chi connectivity index (χ1v) is 9.79. The fourth-order valence-electron chi connectivity index (χ4n) is 3.23. The Hall–Kier alpha value is -4.01. The summed E-state index contributed by atoms with van der Waals surface area (Å²) in [6, 6.07) is 11.3. The van der Waals surface area contributed by atoms with Crippen LogP contribution in [0.4, 0.5) is 11.6 Å². The number of rotatable bonds is 6. The lowest BCUT2D eigenvalue weighted by molar-refractivity contribution is 0.0527. The predicted molar refractivity (Wildman–Crippen MR) is 116 cm³/mol. The Labute approximate surface area is 179 Å². The molecule has 0 aliphatic carbocycles. The highest BCUT2D eigenvalue weighted by molar-refractivity contribution is 5.96. The second-order valence-electron chi connectivity index (χ2n) is 6.88. The number of aryl methyl sites for hydroxylation is 2. The monoisotopic (exact) mass is 418 g/mol. The Morgan fingerprint density at radius 2 is 2.00 bits per heavy atom. The molecule has 4 aromatic rings. The number of pyridine rings is 1. The number of hydrogen-bond acceptors (Lipinski definition) is 8. The van der Waals surface area contributed by atoms with Crippen molar-refractivity contribution in [3.8, 4) is 11.6 Å². The number of hydrogen-bond donors (Lipinski definition) is 1. The van der Waals surface area contributed by atoms with Crippen molar-refractivity contribution < 1.29 is 14.3 Å². The van der Waals surface area contributed by atoms with E-state index in [2.05, 4.69) is 20.6 Å². The van der Waals surface area contributed by atoms with Crippen LogP contribution in [0, 0.1) is 13.8 Å². The Morgan fingerprint density at radius 3 is 2.71 bits per heavy atom. The molecule has 0 unspecified atom stereocenters. The van der Waals surface area contributed by atoms with Gasteiger partial charge in [0.1, 0.15) is 16.8 Å². The van der Waals surface area contributed by atoms with Crippen LogP contribution in [-0.2, 0) is 4.74 Å². The molecular formula is C22H22N6O3. The second-order valence-corrected chi connectivity index (χ2v) is 6.88. The number of methoxy groups -OCH3 is 1. The highest BCUT2D eigenvalue weighted by Gasteiger charge is 2.22. The standard InChI is InChI=1S/C22H22N6O3/c1-5-31-22(29)16-12-23-28(21(16)24-18-10-9-14(3)26-27-18)19-11-13(2)15-7-6-8-17(30-4)20(15)25-19/h6-12H,5H2,1-4H3,(H,24,27). The van der Waals surface area contributed by atoms with E-state index in [4.69, 9.17) is 14.5 Å². The van der Waals surface area contributed by atoms with E-state index in [1.54, 1.807) is 24.8 Å². The number of nitrogens with one attached hydrogen (secondary N) is 1. The minimum Gasteiger partial charge on any atom is -0.494 e. The van der Waals surface area contributed by atoms with E-state index >= 15 is 0 Å². The minimum atomic E-state index is -0.494. The normalized spacial score (nSPS) is 10.8. The van der Waals surface area contributed by atoms with Crippen LogP contribution in [0.5, 0.6) is 5.75 Å². The van der Waals surface area contributed by atoms with Gasteiger partial charge < -0.3 is 14.8 Å². The molecule has 9 heteroatoms. The van der Waals surface area contributed by atoms with Gasteiger partial charge >= 0.3 is 5.97 Å². The number of fused-ring (bicyclic) bond motifs is 1. The molecule has 1 N–H and O–H groups in total. The Morgan fingerprint density at radius 1 is 1.16 bits per heavy atom. The van der Waals surface area contributed by atoms with Crippen molar-refractivity contribution in [1.82, 2.24) is 25.0 Å². The van der Waals surface area contributed by atoms with Crippen LogP contribution in [0.1, 0.15) is 28.5 Å². The molecule has 3 heterocycles. The smallest absolute Gasteiger partial charge is 0.343 e. The Bertz CT molecular complexity index is 1250. The summed E-state index contributed by atoms with van der Waals surface area (Å²) in [7, 11) is 1.61. The third-order valence-electron chi connectivity index (χ3n) is 4.74. The maximum Gasteiger partial charge on any atom is 0.343 e. The number of nitrogens with zero attached hydrogens (tertiary/aromatic N) is 5. The van der Waals surface area contributed by atoms with E-state index in [-0.39, 0.29) is 12.2 Å². The van der Waals surface area contributed by atoms with Gasteiger partial charge in [0.25, 0.3) is 0 Å². The largest absolute Gasteiger partial charge is 0.494 e. The molecule has 0 spiro atoms. The van der Waals surface area contributed by atoms with Crippen molar-refractivity contribution in [1.29, 1.82) is 0 Å². The SMILES string of the molecule is CCOC(=O)c1cnn(-c2cc(C)c3cccc(OC)c3n2)c1Nc1ccc(C)nn1. The molecule has 0 saturated heterocycles. The second kappa shape index (κ2) is 8.39. The predicted octanol–water partition coefficient (Wildman–Crippen LogP) is 3.76. The first-order valence-electron chi connectivity index (χ1n) is 9.79. The maximum atomic E-state index is 12.5. The molecule has 0 bridgehead atoms. The molecule has 31 heavy (non-hydrogen) atoms. The molecule has 4 rings (SSSR count). The molecule has 3 aromatic heterocycles. The van der Waals surface area contributed by atoms with Crippen LogP contribution in [0.15, 0.2) is 42.6 Å². The fraction of sp³-hybridized carbons (Fsp3) is 0.227. The van der Waals surface area contributed by atoms with E-state index in [1.807, 2.05) is 44.2 Å². The molecule has 0 radical (unpaired) electrons. The summed E-state index contributed by atoms with van der Waals surface area (Å²) < 4.78 is 12.2. The van der Waals surface area contributed by atoms with Crippen LogP contribution in [0.25, 0.3) is 16.7 Å². The van der Waals surface area contributed by atoms with Crippen molar-refractivity contribution in [2.24, 2.45) is 0 Å². The van der Waals surface area contributed by atoms with Gasteiger partial charge in [-0.25, -0.2) is 9.78 Å². The van der Waals surface area contributed by atoms with Gasteiger partial charge in [-0.05, 0) is 50.6 Å². The third kappa shape index (κ3) is 3.89. The first-order chi connectivity index (χ1) is 15.0. The number of ether oxygens (including phenoxy) is 2. The number of aromatic nitrogens is 5. The highest BCUT2D eigenvalue weighted by Crippen LogP contribution is 2.30. The first kappa shape index (κ1) is 20.3. The number of carbonyl (C=O) groups is 1. The van der Waals surface area contributed by atoms with Crippen molar-refractivity contribution in [3.05, 3.63) is 59.4 Å². The lowest BCUT2D eigenvalue weighted by atomic mass is 10.1. The lowest BCUT2D eigenvalue weighted by Crippen LogP contribution is -2.11. The van der Waals surface area contributed by atoms with Gasteiger partial charge in [0, 0.05) is 5.39 Å². The van der Waals surface area contributed by atoms with E-state index in [9.17, 15) is 4.79 Å². The molecule has 0 amide bonds. The van der Waals surface area contributed by atoms with E-state index in [0.29, 0.717) is 28.7 Å². The van der Waals surface area contributed by atoms with Gasteiger partial charge in [0.2, 0.25) is 0 Å². The number of esters is 1. The summed E-state index contributed by atoms with van der Waals surface area (Å²) in [5.74, 6) is 1.53. The number of anilines is 2. The van der Waals surface area contributed by atoms with E-state index in [0.717, 1.165) is 16.6 Å². The van der Waals surface area contributed by atoms with E-state index in [1.165, 1.54) is 6.20 Å². The van der Waals surface area contributed by atoms with Crippen molar-refractivity contribution in [3.63, 3.8) is 0 Å². The number of carbonyl (C=O) groups excluding carboxylic acids is 1. The third-order valence-corrected chi connectivity index (χ3v) is 4.74. The zero-order valence-corrected chi connectivity index (χ0v) is 17.7. The zero-order chi connectivity index (χ0) is 22.0. The summed E-state index contributed by atoms with van der Waals surface area (Å²) in [6.07, 6.45) is 1.45. The van der Waals surface area contributed by atoms with Gasteiger partial charge in [-0.2, -0.15) is 14.9 Å². The van der Waals surface area contributed by atoms with E-state index < -0.39 is 5.97 Å². The molecule has 0 saturated carbocycles. The average molecular weight is 418 g/mol. The molecule has 9 nitrogen and oxygen atoms in total. The summed E-state index contributed by atoms with van der Waals surface area (Å²) in [5, 5.41) is 16.7. The van der Waals surface area contributed by atoms with Crippen LogP contribution in [-0.4, -0.2) is 44.6 Å². The van der Waals surface area contributed by atoms with Gasteiger partial charge in [-0.15, -0.1) is 5.10 Å². The quantitative estimate of drug-likeness (QED) is 0.472. The number of para-hydroxylation sites is 1. The van der Waals surface area contributed by atoms with Crippen LogP contribution in [0.3, 0.4) is 0 Å². The Kier molecular flexibility index (Phi) is 5.48. The highest BCUT2D eigenvalue weighted by atomic mass is 16.5. The van der Waals surface area contributed by atoms with Crippen molar-refractivity contribution >= 4 is 28.5 Å². The topological polar surface area (TPSA) is 104 Å². The summed E-state index contributed by atoms with van der Waals surface area (Å²) in [4.78, 5) is 17.3. The van der Waals surface area contributed by atoms with Gasteiger partial charge in [0.15, 0.2) is 17.5 Å². The van der Waals surface area contributed by atoms with Crippen LogP contribution in [0.2, 0.25) is 0 Å². The van der Waals surface area contributed by atoms with Crippen LogP contribution >= 0.6 is 0 Å². The zero-order valence-electron chi connectivity index (χ0n) is 17.7. The maximum absolute atomic E-state index is 12.5. The molecule has 0 aliphatic heterocycles. The van der Waals surface area contributed by atoms with Crippen molar-refractivity contribution in [2.75, 3.05) is 19.0 Å². The lowest BCUT2D eigenvalue weighted by Gasteiger charge is -2.13. The molecule has 0 fully saturated rings. The fourth-order valence-corrected chi connectivity index (χ4v) is 3.23. The van der Waals surface area contributed by atoms with Gasteiger partial charge in [-0.1, -0.05) is 12.1 Å². The molecule has 158 valence electrons. The average Bonchev–Trinajstić information content (AvgIpc) is 3.18. The van der Waals surface area contributed by atoms with Crippen molar-refractivity contribution in [2.45, 2.75) is 20.8 Å². The van der Waals surface area contributed by atoms with Crippen LogP contribution < -0.4 is 10.1 Å². The van der Waals surface area contributed by atoms with Gasteiger partial charge in [-0.3, -0.25) is 0 Å². The molecule has 0 aliphatic rings. The molecular weight excluding hydrogens is 396 g/mol. The number of benzene rings is 1. The summed E-state index contributed by atoms with van der Waals surface area (Å²) in [6.45, 7) is 5.83. The summed E-state index contributed by atoms with van der Waals surface area (Å²) in [5.41, 5.74) is 2.75. The molecule has 1 aromatic carbocycles. The van der Waals surface area contributed by atoms with Gasteiger partial charge in [0.05, 0.1) is 25.6 Å². The minimum absolute atomic E-state index is 0.248.